The topological polar surface area (TPSA) is 0 Å². The van der Waals surface area contributed by atoms with Gasteiger partial charge in [-0.25, -0.2) is 4.39 Å². The summed E-state index contributed by atoms with van der Waals surface area (Å²) >= 11 is 0. The highest BCUT2D eigenvalue weighted by Gasteiger charge is 2.06. The van der Waals surface area contributed by atoms with E-state index in [-0.39, 0.29) is 5.82 Å². The van der Waals surface area contributed by atoms with E-state index in [2.05, 4.69) is 32.0 Å². The second-order valence-corrected chi connectivity index (χ2v) is 4.29. The molecular weight excluding hydrogens is 199 g/mol. The molecule has 0 atom stereocenters. The minimum Gasteiger partial charge on any atom is -0.207 e. The summed E-state index contributed by atoms with van der Waals surface area (Å²) in [5.74, 6) is -0.142. The second kappa shape index (κ2) is 4.09. The highest BCUT2D eigenvalue weighted by molar-refractivity contribution is 5.68. The van der Waals surface area contributed by atoms with Gasteiger partial charge in [-0.1, -0.05) is 41.5 Å². The van der Waals surface area contributed by atoms with Gasteiger partial charge in [0.15, 0.2) is 0 Å². The first-order valence-corrected chi connectivity index (χ1v) is 5.42. The molecule has 0 bridgehead atoms. The van der Waals surface area contributed by atoms with E-state index in [4.69, 9.17) is 0 Å². The minimum atomic E-state index is -0.142. The van der Waals surface area contributed by atoms with Crippen molar-refractivity contribution in [2.45, 2.75) is 20.8 Å². The Hall–Kier alpha value is -1.63. The first kappa shape index (κ1) is 10.9. The number of halogens is 1. The van der Waals surface area contributed by atoms with Crippen molar-refractivity contribution in [3.05, 3.63) is 58.9 Å². The zero-order chi connectivity index (χ0) is 11.7. The summed E-state index contributed by atoms with van der Waals surface area (Å²) in [5.41, 5.74) is 5.20. The minimum absolute atomic E-state index is 0.142. The van der Waals surface area contributed by atoms with E-state index in [1.165, 1.54) is 17.2 Å². The molecule has 0 amide bonds. The Balaban J connectivity index is 2.63. The summed E-state index contributed by atoms with van der Waals surface area (Å²) in [6, 6.07) is 11.5. The Kier molecular flexibility index (Phi) is 2.78. The molecule has 2 aromatic carbocycles. The Morgan fingerprint density at radius 3 is 2.12 bits per heavy atom. The Morgan fingerprint density at radius 2 is 1.50 bits per heavy atom. The molecule has 0 fully saturated rings. The second-order valence-electron chi connectivity index (χ2n) is 4.29. The first-order valence-electron chi connectivity index (χ1n) is 5.42. The van der Waals surface area contributed by atoms with Crippen molar-refractivity contribution in [3.8, 4) is 11.1 Å². The van der Waals surface area contributed by atoms with Gasteiger partial charge in [0.25, 0.3) is 0 Å². The van der Waals surface area contributed by atoms with Crippen LogP contribution in [0.4, 0.5) is 4.39 Å². The zero-order valence-electron chi connectivity index (χ0n) is 9.84. The molecule has 0 nitrogen and oxygen atoms in total. The van der Waals surface area contributed by atoms with Gasteiger partial charge in [0.05, 0.1) is 0 Å². The van der Waals surface area contributed by atoms with Crippen LogP contribution in [0, 0.1) is 26.6 Å². The van der Waals surface area contributed by atoms with Crippen LogP contribution in [0.5, 0.6) is 0 Å². The van der Waals surface area contributed by atoms with E-state index in [0.717, 1.165) is 11.1 Å². The number of aryl methyl sites for hydroxylation is 2. The van der Waals surface area contributed by atoms with Crippen molar-refractivity contribution in [1.29, 1.82) is 0 Å². The van der Waals surface area contributed by atoms with Crippen LogP contribution >= 0.6 is 0 Å². The predicted molar refractivity (Wildman–Crippen MR) is 66.0 cm³/mol. The van der Waals surface area contributed by atoms with Gasteiger partial charge in [0.1, 0.15) is 5.82 Å². The van der Waals surface area contributed by atoms with Crippen LogP contribution in [0.1, 0.15) is 16.7 Å². The van der Waals surface area contributed by atoms with E-state index >= 15 is 0 Å². The zero-order valence-corrected chi connectivity index (χ0v) is 9.84. The molecule has 0 N–H and O–H groups in total. The van der Waals surface area contributed by atoms with Crippen molar-refractivity contribution >= 4 is 0 Å². The highest BCUT2D eigenvalue weighted by Crippen LogP contribution is 2.26. The maximum absolute atomic E-state index is 13.5. The average Bonchev–Trinajstić information content (AvgIpc) is 2.20. The normalized spacial score (nSPS) is 10.5. The summed E-state index contributed by atoms with van der Waals surface area (Å²) in [5, 5.41) is 0. The van der Waals surface area contributed by atoms with Gasteiger partial charge < -0.3 is 0 Å². The van der Waals surface area contributed by atoms with E-state index in [1.54, 1.807) is 6.07 Å². The molecule has 0 aliphatic heterocycles. The largest absolute Gasteiger partial charge is 0.207 e. The molecule has 2 rings (SSSR count). The Bertz CT molecular complexity index is 507. The monoisotopic (exact) mass is 214 g/mol. The fraction of sp³-hybridized carbons (Fsp3) is 0.200. The van der Waals surface area contributed by atoms with Crippen molar-refractivity contribution in [2.75, 3.05) is 0 Å². The lowest BCUT2D eigenvalue weighted by molar-refractivity contribution is 0.619. The summed E-state index contributed by atoms with van der Waals surface area (Å²) in [4.78, 5) is 0. The third kappa shape index (κ3) is 1.99. The number of hydrogen-bond acceptors (Lipinski definition) is 0. The number of hydrogen-bond donors (Lipinski definition) is 0. The molecule has 0 radical (unpaired) electrons. The fourth-order valence-corrected chi connectivity index (χ4v) is 2.05. The third-order valence-corrected chi connectivity index (χ3v) is 2.80. The lowest BCUT2D eigenvalue weighted by atomic mass is 9.97. The SMILES string of the molecule is Cc1cc(C)cc(-c2cccc(F)c2C)c1. The molecule has 0 aliphatic carbocycles. The van der Waals surface area contributed by atoms with Crippen LogP contribution in [0.3, 0.4) is 0 Å². The van der Waals surface area contributed by atoms with Gasteiger partial charge in [-0.05, 0) is 43.5 Å². The van der Waals surface area contributed by atoms with Gasteiger partial charge in [-0.15, -0.1) is 0 Å². The van der Waals surface area contributed by atoms with Crippen molar-refractivity contribution in [1.82, 2.24) is 0 Å². The first-order chi connectivity index (χ1) is 7.58. The summed E-state index contributed by atoms with van der Waals surface area (Å²) in [6.07, 6.45) is 0. The lowest BCUT2D eigenvalue weighted by Crippen LogP contribution is -1.89. The Labute approximate surface area is 95.7 Å². The number of benzene rings is 2. The molecule has 0 spiro atoms. The van der Waals surface area contributed by atoms with E-state index < -0.39 is 0 Å². The van der Waals surface area contributed by atoms with E-state index in [0.29, 0.717) is 5.56 Å². The van der Waals surface area contributed by atoms with Gasteiger partial charge in [0, 0.05) is 0 Å². The quantitative estimate of drug-likeness (QED) is 0.659. The molecule has 82 valence electrons. The maximum Gasteiger partial charge on any atom is 0.126 e. The van der Waals surface area contributed by atoms with Crippen LogP contribution in [-0.2, 0) is 0 Å². The smallest absolute Gasteiger partial charge is 0.126 e. The van der Waals surface area contributed by atoms with Crippen molar-refractivity contribution in [2.24, 2.45) is 0 Å². The lowest BCUT2D eigenvalue weighted by Gasteiger charge is -2.09. The fourth-order valence-electron chi connectivity index (χ4n) is 2.05. The van der Waals surface area contributed by atoms with Crippen molar-refractivity contribution < 1.29 is 4.39 Å². The van der Waals surface area contributed by atoms with Gasteiger partial charge in [-0.3, -0.25) is 0 Å². The molecule has 0 saturated heterocycles. The van der Waals surface area contributed by atoms with Gasteiger partial charge in [0.2, 0.25) is 0 Å². The van der Waals surface area contributed by atoms with Gasteiger partial charge >= 0.3 is 0 Å². The van der Waals surface area contributed by atoms with E-state index in [9.17, 15) is 4.39 Å². The molecule has 0 unspecified atom stereocenters. The van der Waals surface area contributed by atoms with Crippen LogP contribution in [-0.4, -0.2) is 0 Å². The highest BCUT2D eigenvalue weighted by atomic mass is 19.1. The molecule has 2 aromatic rings. The molecular formula is C15H15F. The molecule has 0 aromatic heterocycles. The van der Waals surface area contributed by atoms with Crippen LogP contribution in [0.15, 0.2) is 36.4 Å². The number of rotatable bonds is 1. The molecule has 16 heavy (non-hydrogen) atoms. The molecule has 0 heterocycles. The summed E-state index contributed by atoms with van der Waals surface area (Å²) < 4.78 is 13.5. The molecule has 1 heteroatoms. The van der Waals surface area contributed by atoms with Crippen LogP contribution < -0.4 is 0 Å². The van der Waals surface area contributed by atoms with Crippen molar-refractivity contribution in [3.63, 3.8) is 0 Å². The Morgan fingerprint density at radius 1 is 0.875 bits per heavy atom. The predicted octanol–water partition coefficient (Wildman–Crippen LogP) is 4.42. The van der Waals surface area contributed by atoms with E-state index in [1.807, 2.05) is 13.0 Å². The standard InChI is InChI=1S/C15H15F/c1-10-7-11(2)9-13(8-10)14-5-4-6-15(16)12(14)3/h4-9H,1-3H3. The average molecular weight is 214 g/mol. The molecule has 0 saturated carbocycles. The molecule has 0 aliphatic rings. The maximum atomic E-state index is 13.5. The van der Waals surface area contributed by atoms with Gasteiger partial charge in [-0.2, -0.15) is 0 Å². The van der Waals surface area contributed by atoms with Crippen LogP contribution in [0.2, 0.25) is 0 Å². The summed E-state index contributed by atoms with van der Waals surface area (Å²) in [7, 11) is 0. The summed E-state index contributed by atoms with van der Waals surface area (Å²) in [6.45, 7) is 5.94. The van der Waals surface area contributed by atoms with Crippen LogP contribution in [0.25, 0.3) is 11.1 Å². The third-order valence-electron chi connectivity index (χ3n) is 2.80.